The van der Waals surface area contributed by atoms with Crippen molar-refractivity contribution in [2.75, 3.05) is 13.7 Å². The summed E-state index contributed by atoms with van der Waals surface area (Å²) in [7, 11) is 1.53. The van der Waals surface area contributed by atoms with Gasteiger partial charge in [-0.05, 0) is 44.8 Å². The molecule has 0 saturated heterocycles. The smallest absolute Gasteiger partial charge is 0.341 e. The SMILES string of the molecule is CCOC(=O)c1cnc2c(Br)cc(Br)c(OC)c2c1Cl. The summed E-state index contributed by atoms with van der Waals surface area (Å²) in [5, 5.41) is 0.813. The van der Waals surface area contributed by atoms with Gasteiger partial charge in [-0.1, -0.05) is 11.6 Å². The summed E-state index contributed by atoms with van der Waals surface area (Å²) in [5.41, 5.74) is 0.826. The van der Waals surface area contributed by atoms with E-state index in [1.54, 1.807) is 6.92 Å². The van der Waals surface area contributed by atoms with E-state index in [2.05, 4.69) is 36.8 Å². The number of carbonyl (C=O) groups excluding carboxylic acids is 1. The summed E-state index contributed by atoms with van der Waals surface area (Å²) < 4.78 is 11.8. The number of nitrogens with zero attached hydrogens (tertiary/aromatic N) is 1. The van der Waals surface area contributed by atoms with Crippen molar-refractivity contribution < 1.29 is 14.3 Å². The third kappa shape index (κ3) is 2.64. The van der Waals surface area contributed by atoms with Crippen molar-refractivity contribution in [3.63, 3.8) is 0 Å². The third-order valence-electron chi connectivity index (χ3n) is 2.64. The van der Waals surface area contributed by atoms with Crippen LogP contribution in [0.15, 0.2) is 21.2 Å². The van der Waals surface area contributed by atoms with Gasteiger partial charge in [-0.25, -0.2) is 4.79 Å². The van der Waals surface area contributed by atoms with Crippen molar-refractivity contribution in [3.05, 3.63) is 31.8 Å². The first kappa shape index (κ1) is 15.5. The maximum Gasteiger partial charge on any atom is 0.341 e. The zero-order chi connectivity index (χ0) is 14.9. The quantitative estimate of drug-likeness (QED) is 0.677. The molecule has 1 aromatic carbocycles. The van der Waals surface area contributed by atoms with Crippen LogP contribution in [0.2, 0.25) is 5.02 Å². The van der Waals surface area contributed by atoms with Gasteiger partial charge in [-0.2, -0.15) is 0 Å². The highest BCUT2D eigenvalue weighted by Crippen LogP contribution is 2.42. The Labute approximate surface area is 137 Å². The Morgan fingerprint density at radius 3 is 2.70 bits per heavy atom. The van der Waals surface area contributed by atoms with Crippen molar-refractivity contribution in [1.29, 1.82) is 0 Å². The number of esters is 1. The van der Waals surface area contributed by atoms with Gasteiger partial charge in [-0.3, -0.25) is 4.98 Å². The van der Waals surface area contributed by atoms with Gasteiger partial charge < -0.3 is 9.47 Å². The lowest BCUT2D eigenvalue weighted by Crippen LogP contribution is -2.06. The number of methoxy groups -OCH3 is 1. The van der Waals surface area contributed by atoms with Gasteiger partial charge in [0.25, 0.3) is 0 Å². The van der Waals surface area contributed by atoms with Crippen LogP contribution in [0.25, 0.3) is 10.9 Å². The van der Waals surface area contributed by atoms with E-state index in [0.29, 0.717) is 21.1 Å². The van der Waals surface area contributed by atoms with Crippen molar-refractivity contribution in [1.82, 2.24) is 4.98 Å². The van der Waals surface area contributed by atoms with E-state index in [4.69, 9.17) is 21.1 Å². The molecule has 0 N–H and O–H groups in total. The molecule has 1 heterocycles. The van der Waals surface area contributed by atoms with E-state index in [0.717, 1.165) is 4.47 Å². The molecule has 106 valence electrons. The van der Waals surface area contributed by atoms with Crippen molar-refractivity contribution in [3.8, 4) is 5.75 Å². The molecule has 0 bridgehead atoms. The Morgan fingerprint density at radius 2 is 2.10 bits per heavy atom. The molecule has 0 fully saturated rings. The van der Waals surface area contributed by atoms with Gasteiger partial charge in [0.15, 0.2) is 0 Å². The Kier molecular flexibility index (Phi) is 4.88. The van der Waals surface area contributed by atoms with Crippen molar-refractivity contribution in [2.45, 2.75) is 6.92 Å². The van der Waals surface area contributed by atoms with Crippen molar-refractivity contribution >= 4 is 60.3 Å². The Balaban J connectivity index is 2.80. The number of halogens is 3. The monoisotopic (exact) mass is 421 g/mol. The molecule has 7 heteroatoms. The fourth-order valence-electron chi connectivity index (χ4n) is 1.79. The van der Waals surface area contributed by atoms with Crippen LogP contribution in [0.5, 0.6) is 5.75 Å². The summed E-state index contributed by atoms with van der Waals surface area (Å²) in [4.78, 5) is 16.1. The van der Waals surface area contributed by atoms with Gasteiger partial charge in [-0.15, -0.1) is 0 Å². The first-order valence-corrected chi connectivity index (χ1v) is 7.65. The maximum absolute atomic E-state index is 11.9. The lowest BCUT2D eigenvalue weighted by molar-refractivity contribution is 0.0526. The highest BCUT2D eigenvalue weighted by atomic mass is 79.9. The number of aromatic nitrogens is 1. The van der Waals surface area contributed by atoms with E-state index < -0.39 is 5.97 Å². The summed E-state index contributed by atoms with van der Waals surface area (Å²) in [6, 6.07) is 1.81. The van der Waals surface area contributed by atoms with Crippen LogP contribution in [-0.4, -0.2) is 24.7 Å². The van der Waals surface area contributed by atoms with Crippen LogP contribution in [0.4, 0.5) is 0 Å². The maximum atomic E-state index is 11.9. The minimum absolute atomic E-state index is 0.212. The molecule has 0 aliphatic heterocycles. The number of rotatable bonds is 3. The zero-order valence-electron chi connectivity index (χ0n) is 10.7. The summed E-state index contributed by atoms with van der Waals surface area (Å²) in [6.45, 7) is 2.00. The molecule has 2 rings (SSSR count). The molecule has 2 aromatic rings. The highest BCUT2D eigenvalue weighted by molar-refractivity contribution is 9.11. The molecule has 4 nitrogen and oxygen atoms in total. The predicted molar refractivity (Wildman–Crippen MR) is 84.7 cm³/mol. The van der Waals surface area contributed by atoms with Crippen LogP contribution in [-0.2, 0) is 4.74 Å². The lowest BCUT2D eigenvalue weighted by Gasteiger charge is -2.12. The summed E-state index contributed by atoms with van der Waals surface area (Å²) >= 11 is 13.1. The fraction of sp³-hybridized carbons (Fsp3) is 0.231. The third-order valence-corrected chi connectivity index (χ3v) is 4.22. The minimum Gasteiger partial charge on any atom is -0.495 e. The molecule has 0 atom stereocenters. The van der Waals surface area contributed by atoms with Gasteiger partial charge in [0.05, 0.1) is 39.7 Å². The second-order valence-electron chi connectivity index (χ2n) is 3.80. The van der Waals surface area contributed by atoms with E-state index in [1.165, 1.54) is 13.3 Å². The van der Waals surface area contributed by atoms with Crippen LogP contribution in [0.1, 0.15) is 17.3 Å². The van der Waals surface area contributed by atoms with Gasteiger partial charge >= 0.3 is 5.97 Å². The van der Waals surface area contributed by atoms with Crippen molar-refractivity contribution in [2.24, 2.45) is 0 Å². The molecule has 0 aliphatic carbocycles. The Hall–Kier alpha value is -0.850. The number of fused-ring (bicyclic) bond motifs is 1. The Bertz CT molecular complexity index is 691. The second kappa shape index (κ2) is 6.28. The van der Waals surface area contributed by atoms with Gasteiger partial charge in [0, 0.05) is 10.7 Å². The molecule has 0 spiro atoms. The van der Waals surface area contributed by atoms with Crippen LogP contribution < -0.4 is 4.74 Å². The molecule has 0 aliphatic rings. The molecule has 0 amide bonds. The molecule has 1 aromatic heterocycles. The van der Waals surface area contributed by atoms with E-state index in [9.17, 15) is 4.79 Å². The number of ether oxygens (including phenoxy) is 2. The number of carbonyl (C=O) groups is 1. The van der Waals surface area contributed by atoms with Gasteiger partial charge in [0.2, 0.25) is 0 Å². The molecular weight excluding hydrogens is 413 g/mol. The fourth-order valence-corrected chi connectivity index (χ4v) is 3.52. The summed E-state index contributed by atoms with van der Waals surface area (Å²) in [5.74, 6) is 0.0110. The summed E-state index contributed by atoms with van der Waals surface area (Å²) in [6.07, 6.45) is 1.40. The van der Waals surface area contributed by atoms with E-state index >= 15 is 0 Å². The first-order valence-electron chi connectivity index (χ1n) is 5.68. The molecule has 0 saturated carbocycles. The highest BCUT2D eigenvalue weighted by Gasteiger charge is 2.20. The van der Waals surface area contributed by atoms with Gasteiger partial charge in [0.1, 0.15) is 5.75 Å². The normalized spacial score (nSPS) is 10.7. The number of hydrogen-bond acceptors (Lipinski definition) is 4. The zero-order valence-corrected chi connectivity index (χ0v) is 14.6. The number of benzene rings is 1. The first-order chi connectivity index (χ1) is 9.51. The molecular formula is C13H10Br2ClNO3. The standard InChI is InChI=1S/C13H10Br2ClNO3/c1-3-20-13(18)6-5-17-11-7(14)4-8(15)12(19-2)9(11)10(6)16/h4-5H,3H2,1-2H3. The number of hydrogen-bond donors (Lipinski definition) is 0. The minimum atomic E-state index is -0.509. The average molecular weight is 423 g/mol. The lowest BCUT2D eigenvalue weighted by atomic mass is 10.1. The second-order valence-corrected chi connectivity index (χ2v) is 5.89. The van der Waals surface area contributed by atoms with E-state index in [-0.39, 0.29) is 17.2 Å². The van der Waals surface area contributed by atoms with Crippen LogP contribution in [0.3, 0.4) is 0 Å². The molecule has 0 unspecified atom stereocenters. The van der Waals surface area contributed by atoms with Crippen LogP contribution in [0, 0.1) is 0 Å². The topological polar surface area (TPSA) is 48.4 Å². The predicted octanol–water partition coefficient (Wildman–Crippen LogP) is 4.60. The molecule has 0 radical (unpaired) electrons. The number of pyridine rings is 1. The molecule has 20 heavy (non-hydrogen) atoms. The van der Waals surface area contributed by atoms with Crippen LogP contribution >= 0.6 is 43.5 Å². The van der Waals surface area contributed by atoms with E-state index in [1.807, 2.05) is 6.07 Å². The average Bonchev–Trinajstić information content (AvgIpc) is 2.40. The Morgan fingerprint density at radius 1 is 1.40 bits per heavy atom. The largest absolute Gasteiger partial charge is 0.495 e.